The molecule has 1 atom stereocenters. The number of hydrogen-bond acceptors (Lipinski definition) is 4. The smallest absolute Gasteiger partial charge is 0.273 e. The summed E-state index contributed by atoms with van der Waals surface area (Å²) in [5, 5.41) is 12.5. The third-order valence-electron chi connectivity index (χ3n) is 1.99. The van der Waals surface area contributed by atoms with E-state index in [9.17, 15) is 4.79 Å². The van der Waals surface area contributed by atoms with E-state index in [-0.39, 0.29) is 11.9 Å². The Bertz CT molecular complexity index is 280. The van der Waals surface area contributed by atoms with Gasteiger partial charge in [-0.15, -0.1) is 0 Å². The van der Waals surface area contributed by atoms with E-state index in [1.54, 1.807) is 7.11 Å². The van der Waals surface area contributed by atoms with Gasteiger partial charge >= 0.3 is 0 Å². The van der Waals surface area contributed by atoms with Crippen molar-refractivity contribution in [1.82, 2.24) is 20.7 Å². The van der Waals surface area contributed by atoms with E-state index in [4.69, 9.17) is 4.74 Å². The molecule has 0 aliphatic rings. The van der Waals surface area contributed by atoms with Gasteiger partial charge in [0.25, 0.3) is 5.91 Å². The van der Waals surface area contributed by atoms with Crippen molar-refractivity contribution < 1.29 is 9.53 Å². The van der Waals surface area contributed by atoms with Crippen LogP contribution in [0.25, 0.3) is 0 Å². The topological polar surface area (TPSA) is 79.9 Å². The lowest BCUT2D eigenvalue weighted by Gasteiger charge is -2.15. The van der Waals surface area contributed by atoms with Crippen LogP contribution in [-0.2, 0) is 4.74 Å². The van der Waals surface area contributed by atoms with E-state index in [2.05, 4.69) is 27.7 Å². The summed E-state index contributed by atoms with van der Waals surface area (Å²) in [4.78, 5) is 11.6. The number of nitrogens with one attached hydrogen (secondary N) is 2. The molecule has 0 bridgehead atoms. The molecule has 0 saturated carbocycles. The van der Waals surface area contributed by atoms with Crippen molar-refractivity contribution in [2.45, 2.75) is 25.8 Å². The first kappa shape index (κ1) is 11.6. The molecule has 0 radical (unpaired) electrons. The molecule has 15 heavy (non-hydrogen) atoms. The Hall–Kier alpha value is -1.43. The van der Waals surface area contributed by atoms with Gasteiger partial charge in [0.05, 0.1) is 18.8 Å². The lowest BCUT2D eigenvalue weighted by molar-refractivity contribution is 0.0886. The zero-order valence-corrected chi connectivity index (χ0v) is 8.99. The molecule has 0 fully saturated rings. The maximum atomic E-state index is 11.6. The predicted molar refractivity (Wildman–Crippen MR) is 54.4 cm³/mol. The van der Waals surface area contributed by atoms with Gasteiger partial charge in [0.2, 0.25) is 0 Å². The quantitative estimate of drug-likeness (QED) is 0.713. The normalized spacial score (nSPS) is 12.4. The molecular formula is C9H16N4O2. The van der Waals surface area contributed by atoms with Crippen molar-refractivity contribution in [3.05, 3.63) is 11.9 Å². The van der Waals surface area contributed by atoms with Gasteiger partial charge in [-0.2, -0.15) is 15.4 Å². The van der Waals surface area contributed by atoms with E-state index in [0.717, 1.165) is 12.8 Å². The summed E-state index contributed by atoms with van der Waals surface area (Å²) >= 11 is 0. The van der Waals surface area contributed by atoms with Crippen molar-refractivity contribution in [3.8, 4) is 0 Å². The van der Waals surface area contributed by atoms with E-state index in [0.29, 0.717) is 12.3 Å². The highest BCUT2D eigenvalue weighted by Crippen LogP contribution is 1.99. The molecule has 2 N–H and O–H groups in total. The number of carbonyl (C=O) groups is 1. The number of nitrogens with zero attached hydrogens (tertiary/aromatic N) is 2. The van der Waals surface area contributed by atoms with Crippen LogP contribution in [0.2, 0.25) is 0 Å². The van der Waals surface area contributed by atoms with Crippen LogP contribution < -0.4 is 5.32 Å². The van der Waals surface area contributed by atoms with Crippen LogP contribution in [0, 0.1) is 0 Å². The highest BCUT2D eigenvalue weighted by Gasteiger charge is 2.14. The maximum Gasteiger partial charge on any atom is 0.273 e. The molecule has 0 aliphatic carbocycles. The fourth-order valence-electron chi connectivity index (χ4n) is 1.32. The van der Waals surface area contributed by atoms with Gasteiger partial charge in [-0.3, -0.25) is 4.79 Å². The Labute approximate surface area is 88.4 Å². The SMILES string of the molecule is CCCC(COC)NC(=O)c1cn[nH]n1. The fourth-order valence-corrected chi connectivity index (χ4v) is 1.32. The monoisotopic (exact) mass is 212 g/mol. The Morgan fingerprint density at radius 2 is 2.53 bits per heavy atom. The standard InChI is InChI=1S/C9H16N4O2/c1-3-4-7(6-15-2)11-9(14)8-5-10-13-12-8/h5,7H,3-4,6H2,1-2H3,(H,11,14)(H,10,12,13). The Kier molecular flexibility index (Phi) is 4.76. The second-order valence-corrected chi connectivity index (χ2v) is 3.27. The van der Waals surface area contributed by atoms with Crippen molar-refractivity contribution in [3.63, 3.8) is 0 Å². The first-order valence-corrected chi connectivity index (χ1v) is 4.93. The molecule has 0 saturated heterocycles. The molecule has 6 nitrogen and oxygen atoms in total. The summed E-state index contributed by atoms with van der Waals surface area (Å²) in [5.74, 6) is -0.223. The zero-order valence-electron chi connectivity index (χ0n) is 8.99. The van der Waals surface area contributed by atoms with Crippen LogP contribution in [0.4, 0.5) is 0 Å². The molecule has 84 valence electrons. The number of carbonyl (C=O) groups excluding carboxylic acids is 1. The Balaban J connectivity index is 2.47. The third kappa shape index (κ3) is 3.67. The number of hydrogen-bond donors (Lipinski definition) is 2. The average Bonchev–Trinajstić information content (AvgIpc) is 2.71. The van der Waals surface area contributed by atoms with E-state index >= 15 is 0 Å². The first-order valence-electron chi connectivity index (χ1n) is 4.93. The molecule has 6 heteroatoms. The van der Waals surface area contributed by atoms with Crippen LogP contribution in [0.3, 0.4) is 0 Å². The highest BCUT2D eigenvalue weighted by molar-refractivity contribution is 5.91. The molecule has 1 rings (SSSR count). The van der Waals surface area contributed by atoms with Gasteiger partial charge in [0.15, 0.2) is 5.69 Å². The maximum absolute atomic E-state index is 11.6. The summed E-state index contributed by atoms with van der Waals surface area (Å²) in [5.41, 5.74) is 0.298. The minimum absolute atomic E-state index is 0.0317. The zero-order chi connectivity index (χ0) is 11.1. The van der Waals surface area contributed by atoms with Gasteiger partial charge in [-0.25, -0.2) is 0 Å². The predicted octanol–water partition coefficient (Wildman–Crippen LogP) is 0.350. The summed E-state index contributed by atoms with van der Waals surface area (Å²) in [7, 11) is 1.62. The number of amides is 1. The number of aromatic nitrogens is 3. The van der Waals surface area contributed by atoms with Gasteiger partial charge in [-0.05, 0) is 6.42 Å². The number of H-pyrrole nitrogens is 1. The van der Waals surface area contributed by atoms with Crippen LogP contribution in [-0.4, -0.2) is 41.1 Å². The number of aromatic amines is 1. The van der Waals surface area contributed by atoms with Crippen molar-refractivity contribution in [1.29, 1.82) is 0 Å². The molecule has 1 aromatic rings. The van der Waals surface area contributed by atoms with E-state index < -0.39 is 0 Å². The fraction of sp³-hybridized carbons (Fsp3) is 0.667. The van der Waals surface area contributed by atoms with E-state index in [1.165, 1.54) is 6.20 Å². The Morgan fingerprint density at radius 1 is 1.73 bits per heavy atom. The van der Waals surface area contributed by atoms with Crippen molar-refractivity contribution in [2.24, 2.45) is 0 Å². The lowest BCUT2D eigenvalue weighted by Crippen LogP contribution is -2.38. The molecule has 1 aromatic heterocycles. The number of methoxy groups -OCH3 is 1. The number of rotatable bonds is 6. The highest BCUT2D eigenvalue weighted by atomic mass is 16.5. The molecular weight excluding hydrogens is 196 g/mol. The third-order valence-corrected chi connectivity index (χ3v) is 1.99. The summed E-state index contributed by atoms with van der Waals surface area (Å²) in [6.07, 6.45) is 3.27. The minimum Gasteiger partial charge on any atom is -0.383 e. The van der Waals surface area contributed by atoms with Crippen LogP contribution in [0.1, 0.15) is 30.3 Å². The average molecular weight is 212 g/mol. The van der Waals surface area contributed by atoms with Crippen LogP contribution in [0.15, 0.2) is 6.20 Å². The summed E-state index contributed by atoms with van der Waals surface area (Å²) in [6.45, 7) is 2.57. The Morgan fingerprint density at radius 3 is 3.07 bits per heavy atom. The van der Waals surface area contributed by atoms with Crippen LogP contribution in [0.5, 0.6) is 0 Å². The molecule has 0 spiro atoms. The second-order valence-electron chi connectivity index (χ2n) is 3.27. The largest absolute Gasteiger partial charge is 0.383 e. The van der Waals surface area contributed by atoms with Gasteiger partial charge in [0, 0.05) is 7.11 Å². The lowest BCUT2D eigenvalue weighted by atomic mass is 10.2. The first-order chi connectivity index (χ1) is 7.27. The van der Waals surface area contributed by atoms with Gasteiger partial charge < -0.3 is 10.1 Å². The molecule has 0 aliphatic heterocycles. The van der Waals surface area contributed by atoms with E-state index in [1.807, 2.05) is 0 Å². The number of ether oxygens (including phenoxy) is 1. The summed E-state index contributed by atoms with van der Waals surface area (Å²) in [6, 6.07) is 0.0317. The van der Waals surface area contributed by atoms with Gasteiger partial charge in [-0.1, -0.05) is 13.3 Å². The molecule has 0 aromatic carbocycles. The van der Waals surface area contributed by atoms with Crippen molar-refractivity contribution >= 4 is 5.91 Å². The van der Waals surface area contributed by atoms with Gasteiger partial charge in [0.1, 0.15) is 0 Å². The minimum atomic E-state index is -0.223. The molecule has 1 heterocycles. The van der Waals surface area contributed by atoms with Crippen molar-refractivity contribution in [2.75, 3.05) is 13.7 Å². The molecule has 1 amide bonds. The summed E-state index contributed by atoms with van der Waals surface area (Å²) < 4.78 is 5.02. The van der Waals surface area contributed by atoms with Crippen LogP contribution >= 0.6 is 0 Å². The molecule has 1 unspecified atom stereocenters. The second kappa shape index (κ2) is 6.13.